The third kappa shape index (κ3) is 1.52. The number of carbonyl (C=O) groups excluding carboxylic acids is 1. The van der Waals surface area contributed by atoms with Gasteiger partial charge in [0.15, 0.2) is 10.8 Å². The highest BCUT2D eigenvalue weighted by molar-refractivity contribution is 7.80. The van der Waals surface area contributed by atoms with E-state index in [4.69, 9.17) is 18.8 Å². The van der Waals surface area contributed by atoms with Crippen LogP contribution in [0.2, 0.25) is 0 Å². The van der Waals surface area contributed by atoms with E-state index in [1.165, 1.54) is 0 Å². The van der Waals surface area contributed by atoms with E-state index in [9.17, 15) is 4.79 Å². The second-order valence-electron chi connectivity index (χ2n) is 5.45. The summed E-state index contributed by atoms with van der Waals surface area (Å²) in [6.07, 6.45) is 2.82. The molecule has 0 bridgehead atoms. The fourth-order valence-corrected chi connectivity index (χ4v) is 3.33. The molecule has 1 spiro atoms. The summed E-state index contributed by atoms with van der Waals surface area (Å²) in [4.78, 5) is 19.7. The zero-order valence-electron chi connectivity index (χ0n) is 11.5. The van der Waals surface area contributed by atoms with Gasteiger partial charge in [-0.1, -0.05) is 6.07 Å². The summed E-state index contributed by atoms with van der Waals surface area (Å²) in [7, 11) is 1.90. The molecule has 1 aliphatic carbocycles. The zero-order chi connectivity index (χ0) is 14.5. The summed E-state index contributed by atoms with van der Waals surface area (Å²) >= 11 is 5.45. The number of hydrogen-bond acceptors (Lipinski definition) is 2. The first-order chi connectivity index (χ1) is 9.51. The van der Waals surface area contributed by atoms with Crippen LogP contribution >= 0.6 is 12.2 Å². The third-order valence-corrected chi connectivity index (χ3v) is 4.92. The molecule has 0 aromatic heterocycles. The van der Waals surface area contributed by atoms with E-state index >= 15 is 0 Å². The maximum Gasteiger partial charge on any atom is 0.259 e. The van der Waals surface area contributed by atoms with Crippen LogP contribution in [0, 0.1) is 13.5 Å². The molecule has 1 aromatic rings. The molecule has 1 saturated carbocycles. The van der Waals surface area contributed by atoms with Gasteiger partial charge in [0.1, 0.15) is 5.54 Å². The second-order valence-corrected chi connectivity index (χ2v) is 5.82. The molecule has 20 heavy (non-hydrogen) atoms. The summed E-state index contributed by atoms with van der Waals surface area (Å²) < 4.78 is 0. The van der Waals surface area contributed by atoms with E-state index in [0.717, 1.165) is 30.5 Å². The lowest BCUT2D eigenvalue weighted by molar-refractivity contribution is -0.128. The number of nitrogens with zero attached hydrogens (tertiary/aromatic N) is 3. The van der Waals surface area contributed by atoms with Gasteiger partial charge in [-0.25, -0.2) is 4.85 Å². The van der Waals surface area contributed by atoms with E-state index < -0.39 is 5.54 Å². The van der Waals surface area contributed by atoms with E-state index in [2.05, 4.69) is 4.85 Å². The smallest absolute Gasteiger partial charge is 0.259 e. The van der Waals surface area contributed by atoms with E-state index in [1.807, 2.05) is 24.9 Å². The van der Waals surface area contributed by atoms with Crippen LogP contribution in [0.25, 0.3) is 4.85 Å². The highest BCUT2D eigenvalue weighted by Gasteiger charge is 2.57. The average molecular weight is 285 g/mol. The largest absolute Gasteiger partial charge is 0.337 e. The molecule has 102 valence electrons. The first-order valence-corrected chi connectivity index (χ1v) is 7.02. The first-order valence-electron chi connectivity index (χ1n) is 6.62. The molecule has 5 heteroatoms. The third-order valence-electron chi connectivity index (χ3n) is 4.46. The summed E-state index contributed by atoms with van der Waals surface area (Å²) in [6, 6.07) is 5.42. The summed E-state index contributed by atoms with van der Waals surface area (Å²) in [5, 5.41) is 0.560. The number of carbonyl (C=O) groups is 1. The van der Waals surface area contributed by atoms with Crippen molar-refractivity contribution in [3.8, 4) is 0 Å². The van der Waals surface area contributed by atoms with Crippen LogP contribution in [0.1, 0.15) is 24.8 Å². The van der Waals surface area contributed by atoms with Gasteiger partial charge in [-0.05, 0) is 56.1 Å². The number of anilines is 1. The Hall–Kier alpha value is -1.93. The number of benzene rings is 1. The molecular weight excluding hydrogens is 270 g/mol. The Morgan fingerprint density at radius 1 is 1.40 bits per heavy atom. The van der Waals surface area contributed by atoms with Gasteiger partial charge in [0.05, 0.1) is 6.57 Å². The minimum atomic E-state index is -0.413. The van der Waals surface area contributed by atoms with Gasteiger partial charge in [0.2, 0.25) is 0 Å². The van der Waals surface area contributed by atoms with Crippen molar-refractivity contribution in [1.29, 1.82) is 0 Å². The summed E-state index contributed by atoms with van der Waals surface area (Å²) in [5.41, 5.74) is 1.83. The van der Waals surface area contributed by atoms with Crippen molar-refractivity contribution in [3.63, 3.8) is 0 Å². The lowest BCUT2D eigenvalue weighted by Crippen LogP contribution is -2.53. The molecule has 0 N–H and O–H groups in total. The van der Waals surface area contributed by atoms with Gasteiger partial charge in [-0.15, -0.1) is 0 Å². The van der Waals surface area contributed by atoms with Crippen LogP contribution < -0.4 is 4.90 Å². The van der Waals surface area contributed by atoms with Crippen LogP contribution in [0.5, 0.6) is 0 Å². The van der Waals surface area contributed by atoms with Crippen LogP contribution in [-0.4, -0.2) is 28.5 Å². The first kappa shape index (κ1) is 13.1. The summed E-state index contributed by atoms with van der Waals surface area (Å²) in [5.74, 6) is 0.0752. The highest BCUT2D eigenvalue weighted by Crippen LogP contribution is 2.44. The van der Waals surface area contributed by atoms with Crippen molar-refractivity contribution in [2.24, 2.45) is 0 Å². The Morgan fingerprint density at radius 3 is 2.55 bits per heavy atom. The molecular formula is C15H15N3OS. The van der Waals surface area contributed by atoms with Gasteiger partial charge in [0.25, 0.3) is 5.91 Å². The van der Waals surface area contributed by atoms with Crippen molar-refractivity contribution in [2.75, 3.05) is 11.9 Å². The molecule has 2 aliphatic rings. The molecule has 1 heterocycles. The zero-order valence-corrected chi connectivity index (χ0v) is 12.3. The van der Waals surface area contributed by atoms with Crippen molar-refractivity contribution in [2.45, 2.75) is 31.7 Å². The van der Waals surface area contributed by atoms with Gasteiger partial charge < -0.3 is 4.90 Å². The predicted octanol–water partition coefficient (Wildman–Crippen LogP) is 3.03. The van der Waals surface area contributed by atoms with E-state index in [0.29, 0.717) is 10.8 Å². The molecule has 1 aromatic carbocycles. The number of aryl methyl sites for hydroxylation is 1. The van der Waals surface area contributed by atoms with Crippen LogP contribution in [0.3, 0.4) is 0 Å². The molecule has 1 amide bonds. The lowest BCUT2D eigenvalue weighted by Gasteiger charge is -2.41. The fourth-order valence-electron chi connectivity index (χ4n) is 2.96. The molecule has 1 aliphatic heterocycles. The van der Waals surface area contributed by atoms with Gasteiger partial charge in [-0.2, -0.15) is 0 Å². The molecule has 3 rings (SSSR count). The Kier molecular flexibility index (Phi) is 2.80. The number of amides is 1. The number of likely N-dealkylation sites (N-methyl/N-ethyl adjacent to an activating group) is 1. The fraction of sp³-hybridized carbons (Fsp3) is 0.400. The van der Waals surface area contributed by atoms with E-state index in [1.54, 1.807) is 17.0 Å². The highest BCUT2D eigenvalue weighted by atomic mass is 32.1. The SMILES string of the molecule is [C-]#[N+]c1ccc(N2C(=O)C3(CCC3)N(C)C2=S)cc1C. The van der Waals surface area contributed by atoms with Gasteiger partial charge in [-0.3, -0.25) is 9.69 Å². The normalized spacial score (nSPS) is 20.2. The number of hydrogen-bond donors (Lipinski definition) is 0. The van der Waals surface area contributed by atoms with Crippen molar-refractivity contribution >= 4 is 34.6 Å². The maximum atomic E-state index is 12.7. The molecule has 4 nitrogen and oxygen atoms in total. The standard InChI is InChI=1S/C15H15N3OS/c1-10-9-11(5-6-12(10)16-2)18-13(19)15(7-4-8-15)17(3)14(18)20/h5-6,9H,4,7-8H2,1,3H3. The van der Waals surface area contributed by atoms with Crippen LogP contribution in [0.15, 0.2) is 18.2 Å². The number of rotatable bonds is 1. The quantitative estimate of drug-likeness (QED) is 0.586. The van der Waals surface area contributed by atoms with Gasteiger partial charge in [0, 0.05) is 12.7 Å². The molecule has 0 unspecified atom stereocenters. The predicted molar refractivity (Wildman–Crippen MR) is 81.9 cm³/mol. The van der Waals surface area contributed by atoms with Gasteiger partial charge >= 0.3 is 0 Å². The van der Waals surface area contributed by atoms with Crippen molar-refractivity contribution in [3.05, 3.63) is 35.2 Å². The Labute approximate surface area is 123 Å². The summed E-state index contributed by atoms with van der Waals surface area (Å²) in [6.45, 7) is 8.97. The lowest BCUT2D eigenvalue weighted by atomic mass is 9.76. The molecule has 0 atom stereocenters. The minimum Gasteiger partial charge on any atom is -0.337 e. The Morgan fingerprint density at radius 2 is 2.10 bits per heavy atom. The van der Waals surface area contributed by atoms with Crippen molar-refractivity contribution < 1.29 is 4.79 Å². The Bertz CT molecular complexity index is 658. The Balaban J connectivity index is 2.03. The average Bonchev–Trinajstić information content (AvgIpc) is 2.57. The van der Waals surface area contributed by atoms with E-state index in [-0.39, 0.29) is 5.91 Å². The minimum absolute atomic E-state index is 0.0752. The molecule has 1 saturated heterocycles. The van der Waals surface area contributed by atoms with Crippen molar-refractivity contribution in [1.82, 2.24) is 4.90 Å². The monoisotopic (exact) mass is 285 g/mol. The second kappa shape index (κ2) is 4.29. The van der Waals surface area contributed by atoms with Crippen LogP contribution in [-0.2, 0) is 4.79 Å². The van der Waals surface area contributed by atoms with Crippen LogP contribution in [0.4, 0.5) is 11.4 Å². The molecule has 0 radical (unpaired) electrons. The number of thiocarbonyl (C=S) groups is 1. The topological polar surface area (TPSA) is 27.9 Å². The maximum absolute atomic E-state index is 12.7. The molecule has 2 fully saturated rings.